The lowest BCUT2D eigenvalue weighted by Gasteiger charge is -2.27. The maximum atomic E-state index is 11.9. The predicted molar refractivity (Wildman–Crippen MR) is 67.0 cm³/mol. The molecule has 1 rings (SSSR count). The average Bonchev–Trinajstić information content (AvgIpc) is 2.30. The molecule has 94 valence electrons. The Hall–Kier alpha value is -0.570. The molecular weight excluding hydrogens is 200 g/mol. The van der Waals surface area contributed by atoms with Crippen LogP contribution in [0.25, 0.3) is 0 Å². The summed E-state index contributed by atoms with van der Waals surface area (Å²) in [5.74, 6) is 0.714. The van der Waals surface area contributed by atoms with E-state index in [0.29, 0.717) is 24.3 Å². The molecule has 0 saturated carbocycles. The van der Waals surface area contributed by atoms with Crippen LogP contribution in [0.15, 0.2) is 0 Å². The van der Waals surface area contributed by atoms with Gasteiger partial charge in [-0.05, 0) is 24.2 Å². The lowest BCUT2D eigenvalue weighted by atomic mass is 9.85. The van der Waals surface area contributed by atoms with E-state index in [9.17, 15) is 4.79 Å². The number of carbonyl (C=O) groups excluding carboxylic acids is 1. The Morgan fingerprint density at radius 1 is 1.38 bits per heavy atom. The smallest absolute Gasteiger partial charge is 0.222 e. The Morgan fingerprint density at radius 2 is 2.00 bits per heavy atom. The Balaban J connectivity index is 2.56. The number of amides is 1. The number of likely N-dealkylation sites (tertiary alicyclic amines) is 1. The fourth-order valence-corrected chi connectivity index (χ4v) is 1.95. The van der Waals surface area contributed by atoms with Crippen LogP contribution in [0.3, 0.4) is 0 Å². The normalized spacial score (nSPS) is 23.4. The van der Waals surface area contributed by atoms with Crippen LogP contribution in [0.5, 0.6) is 0 Å². The molecule has 0 aromatic carbocycles. The number of nitrogens with zero attached hydrogens (tertiary/aromatic N) is 1. The second-order valence-corrected chi connectivity index (χ2v) is 6.16. The van der Waals surface area contributed by atoms with Crippen LogP contribution in [-0.4, -0.2) is 29.9 Å². The SMILES string of the molecule is CC(C)C(N)CN1CCC(C)(C)CCC1=O. The fourth-order valence-electron chi connectivity index (χ4n) is 1.95. The maximum Gasteiger partial charge on any atom is 0.222 e. The van der Waals surface area contributed by atoms with E-state index >= 15 is 0 Å². The van der Waals surface area contributed by atoms with Gasteiger partial charge in [0.25, 0.3) is 0 Å². The molecular formula is C13H26N2O. The standard InChI is InChI=1S/C13H26N2O/c1-10(2)11(14)9-15-8-7-13(3,4)6-5-12(15)16/h10-11H,5-9,14H2,1-4H3. The molecule has 1 aliphatic rings. The molecule has 0 aromatic rings. The zero-order chi connectivity index (χ0) is 12.3. The molecule has 1 amide bonds. The Morgan fingerprint density at radius 3 is 2.56 bits per heavy atom. The van der Waals surface area contributed by atoms with Gasteiger partial charge < -0.3 is 10.6 Å². The minimum absolute atomic E-state index is 0.102. The summed E-state index contributed by atoms with van der Waals surface area (Å²) in [6.45, 7) is 10.3. The van der Waals surface area contributed by atoms with Crippen molar-refractivity contribution in [3.63, 3.8) is 0 Å². The van der Waals surface area contributed by atoms with Gasteiger partial charge in [-0.2, -0.15) is 0 Å². The molecule has 0 aromatic heterocycles. The van der Waals surface area contributed by atoms with Crippen LogP contribution in [0.2, 0.25) is 0 Å². The molecule has 1 fully saturated rings. The summed E-state index contributed by atoms with van der Waals surface area (Å²) in [5, 5.41) is 0. The van der Waals surface area contributed by atoms with E-state index in [1.807, 2.05) is 4.90 Å². The van der Waals surface area contributed by atoms with E-state index in [1.165, 1.54) is 0 Å². The Bertz CT molecular complexity index is 248. The quantitative estimate of drug-likeness (QED) is 0.800. The summed E-state index contributed by atoms with van der Waals surface area (Å²) in [5.41, 5.74) is 6.33. The predicted octanol–water partition coefficient (Wildman–Crippen LogP) is 2.01. The number of nitrogens with two attached hydrogens (primary N) is 1. The van der Waals surface area contributed by atoms with Crippen LogP contribution in [0.1, 0.15) is 47.0 Å². The van der Waals surface area contributed by atoms with Gasteiger partial charge in [0, 0.05) is 25.6 Å². The molecule has 0 spiro atoms. The zero-order valence-electron chi connectivity index (χ0n) is 11.1. The Kier molecular flexibility index (Phi) is 4.36. The number of hydrogen-bond acceptors (Lipinski definition) is 2. The third kappa shape index (κ3) is 3.78. The molecule has 1 atom stereocenters. The van der Waals surface area contributed by atoms with Crippen LogP contribution in [-0.2, 0) is 4.79 Å². The first-order valence-electron chi connectivity index (χ1n) is 6.35. The van der Waals surface area contributed by atoms with Gasteiger partial charge in [0.05, 0.1) is 0 Å². The summed E-state index contributed by atoms with van der Waals surface area (Å²) in [4.78, 5) is 13.9. The number of hydrogen-bond donors (Lipinski definition) is 1. The monoisotopic (exact) mass is 226 g/mol. The molecule has 1 unspecified atom stereocenters. The maximum absolute atomic E-state index is 11.9. The minimum atomic E-state index is 0.102. The molecule has 1 heterocycles. The summed E-state index contributed by atoms with van der Waals surface area (Å²) in [6.07, 6.45) is 2.76. The van der Waals surface area contributed by atoms with Crippen molar-refractivity contribution in [3.8, 4) is 0 Å². The highest BCUT2D eigenvalue weighted by Gasteiger charge is 2.28. The molecule has 2 N–H and O–H groups in total. The summed E-state index contributed by atoms with van der Waals surface area (Å²) in [7, 11) is 0. The highest BCUT2D eigenvalue weighted by Crippen LogP contribution is 2.30. The first-order valence-corrected chi connectivity index (χ1v) is 6.35. The van der Waals surface area contributed by atoms with E-state index in [0.717, 1.165) is 19.4 Å². The summed E-state index contributed by atoms with van der Waals surface area (Å²) in [6, 6.07) is 0.102. The lowest BCUT2D eigenvalue weighted by molar-refractivity contribution is -0.131. The topological polar surface area (TPSA) is 46.3 Å². The zero-order valence-corrected chi connectivity index (χ0v) is 11.1. The summed E-state index contributed by atoms with van der Waals surface area (Å²) < 4.78 is 0. The molecule has 0 aliphatic carbocycles. The van der Waals surface area contributed by atoms with Crippen molar-refractivity contribution in [1.29, 1.82) is 0 Å². The third-order valence-corrected chi connectivity index (χ3v) is 3.71. The van der Waals surface area contributed by atoms with Crippen molar-refractivity contribution in [2.24, 2.45) is 17.1 Å². The molecule has 1 saturated heterocycles. The molecule has 0 radical (unpaired) electrons. The Labute approximate surface area is 99.4 Å². The van der Waals surface area contributed by atoms with Gasteiger partial charge >= 0.3 is 0 Å². The van der Waals surface area contributed by atoms with Crippen molar-refractivity contribution in [3.05, 3.63) is 0 Å². The highest BCUT2D eigenvalue weighted by atomic mass is 16.2. The van der Waals surface area contributed by atoms with Gasteiger partial charge in [0.1, 0.15) is 0 Å². The van der Waals surface area contributed by atoms with E-state index in [-0.39, 0.29) is 11.9 Å². The van der Waals surface area contributed by atoms with Gasteiger partial charge in [0.15, 0.2) is 0 Å². The van der Waals surface area contributed by atoms with Crippen molar-refractivity contribution in [2.75, 3.05) is 13.1 Å². The largest absolute Gasteiger partial charge is 0.341 e. The minimum Gasteiger partial charge on any atom is -0.341 e. The third-order valence-electron chi connectivity index (χ3n) is 3.71. The molecule has 3 heteroatoms. The van der Waals surface area contributed by atoms with Crippen LogP contribution < -0.4 is 5.73 Å². The second kappa shape index (κ2) is 5.17. The van der Waals surface area contributed by atoms with Crippen molar-refractivity contribution in [2.45, 2.75) is 53.0 Å². The first-order chi connectivity index (χ1) is 7.32. The van der Waals surface area contributed by atoms with Crippen LogP contribution >= 0.6 is 0 Å². The van der Waals surface area contributed by atoms with Gasteiger partial charge in [-0.25, -0.2) is 0 Å². The van der Waals surface area contributed by atoms with Gasteiger partial charge in [0.2, 0.25) is 5.91 Å². The van der Waals surface area contributed by atoms with Gasteiger partial charge in [-0.1, -0.05) is 27.7 Å². The molecule has 1 aliphatic heterocycles. The van der Waals surface area contributed by atoms with E-state index in [4.69, 9.17) is 5.73 Å². The van der Waals surface area contributed by atoms with Crippen molar-refractivity contribution < 1.29 is 4.79 Å². The van der Waals surface area contributed by atoms with Crippen molar-refractivity contribution in [1.82, 2.24) is 4.90 Å². The fraction of sp³-hybridized carbons (Fsp3) is 0.923. The molecule has 16 heavy (non-hydrogen) atoms. The highest BCUT2D eigenvalue weighted by molar-refractivity contribution is 5.76. The number of carbonyl (C=O) groups is 1. The van der Waals surface area contributed by atoms with Crippen LogP contribution in [0, 0.1) is 11.3 Å². The second-order valence-electron chi connectivity index (χ2n) is 6.16. The van der Waals surface area contributed by atoms with E-state index in [1.54, 1.807) is 0 Å². The lowest BCUT2D eigenvalue weighted by Crippen LogP contribution is -2.43. The van der Waals surface area contributed by atoms with Gasteiger partial charge in [-0.3, -0.25) is 4.79 Å². The average molecular weight is 226 g/mol. The van der Waals surface area contributed by atoms with Crippen LogP contribution in [0.4, 0.5) is 0 Å². The van der Waals surface area contributed by atoms with Gasteiger partial charge in [-0.15, -0.1) is 0 Å². The number of rotatable bonds is 3. The summed E-state index contributed by atoms with van der Waals surface area (Å²) >= 11 is 0. The first kappa shape index (κ1) is 13.5. The van der Waals surface area contributed by atoms with Crippen molar-refractivity contribution >= 4 is 5.91 Å². The molecule has 0 bridgehead atoms. The van der Waals surface area contributed by atoms with E-state index in [2.05, 4.69) is 27.7 Å². The molecule has 3 nitrogen and oxygen atoms in total. The van der Waals surface area contributed by atoms with E-state index < -0.39 is 0 Å².